The Labute approximate surface area is 135 Å². The lowest BCUT2D eigenvalue weighted by Crippen LogP contribution is -2.39. The second kappa shape index (κ2) is 8.62. The van der Waals surface area contributed by atoms with Crippen LogP contribution in [0.4, 0.5) is 0 Å². The molecule has 0 aliphatic carbocycles. The van der Waals surface area contributed by atoms with Crippen LogP contribution in [0.2, 0.25) is 0 Å². The number of nitrogens with one attached hydrogen (secondary N) is 1. The van der Waals surface area contributed by atoms with Crippen molar-refractivity contribution in [2.45, 2.75) is 13.0 Å². The Balaban J connectivity index is 0.00000200. The lowest BCUT2D eigenvalue weighted by molar-refractivity contribution is 0.391. The maximum atomic E-state index is 5.28. The number of furan rings is 1. The molecule has 6 nitrogen and oxygen atoms in total. The molecule has 1 N–H and O–H groups in total. The van der Waals surface area contributed by atoms with E-state index in [1.54, 1.807) is 19.6 Å². The maximum Gasteiger partial charge on any atom is 0.193 e. The summed E-state index contributed by atoms with van der Waals surface area (Å²) in [6.45, 7) is 1.42. The Kier molecular flexibility index (Phi) is 7.13. The molecule has 7 heteroatoms. The first-order valence-corrected chi connectivity index (χ1v) is 6.13. The second-order valence-corrected chi connectivity index (χ2v) is 4.15. The summed E-state index contributed by atoms with van der Waals surface area (Å²) in [6, 6.07) is 5.69. The first-order valence-electron chi connectivity index (χ1n) is 6.13. The van der Waals surface area contributed by atoms with Crippen LogP contribution in [0.25, 0.3) is 0 Å². The number of aromatic nitrogens is 1. The van der Waals surface area contributed by atoms with Gasteiger partial charge in [-0.2, -0.15) is 0 Å². The topological polar surface area (TPSA) is 66.8 Å². The third kappa shape index (κ3) is 4.87. The third-order valence-electron chi connectivity index (χ3n) is 2.70. The summed E-state index contributed by atoms with van der Waals surface area (Å²) in [5.74, 6) is 1.77. The molecule has 110 valence electrons. The normalized spacial score (nSPS) is 11.0. The van der Waals surface area contributed by atoms with Crippen LogP contribution in [-0.4, -0.2) is 36.7 Å². The van der Waals surface area contributed by atoms with Crippen molar-refractivity contribution in [1.29, 1.82) is 0 Å². The number of nitrogens with zero attached hydrogens (tertiary/aromatic N) is 3. The highest BCUT2D eigenvalue weighted by Crippen LogP contribution is 2.01. The van der Waals surface area contributed by atoms with Crippen molar-refractivity contribution in [3.8, 4) is 0 Å². The highest BCUT2D eigenvalue weighted by molar-refractivity contribution is 14.0. The molecule has 0 radical (unpaired) electrons. The van der Waals surface area contributed by atoms with Crippen molar-refractivity contribution in [1.82, 2.24) is 15.4 Å². The van der Waals surface area contributed by atoms with Crippen LogP contribution in [-0.2, 0) is 13.0 Å². The molecule has 0 aliphatic rings. The van der Waals surface area contributed by atoms with Gasteiger partial charge in [-0.25, -0.2) is 0 Å². The summed E-state index contributed by atoms with van der Waals surface area (Å²) in [7, 11) is 3.71. The van der Waals surface area contributed by atoms with Gasteiger partial charge in [0.25, 0.3) is 0 Å². The van der Waals surface area contributed by atoms with Gasteiger partial charge in [-0.1, -0.05) is 5.16 Å². The van der Waals surface area contributed by atoms with E-state index in [0.717, 1.165) is 30.4 Å². The molecule has 0 unspecified atom stereocenters. The molecule has 0 saturated heterocycles. The minimum Gasteiger partial charge on any atom is -0.469 e. The molecular weight excluding hydrogens is 371 g/mol. The fourth-order valence-electron chi connectivity index (χ4n) is 1.77. The molecule has 0 fully saturated rings. The van der Waals surface area contributed by atoms with E-state index in [0.29, 0.717) is 6.54 Å². The maximum absolute atomic E-state index is 5.28. The van der Waals surface area contributed by atoms with Crippen LogP contribution in [0.3, 0.4) is 0 Å². The Morgan fingerprint density at radius 2 is 2.25 bits per heavy atom. The van der Waals surface area contributed by atoms with E-state index in [9.17, 15) is 0 Å². The summed E-state index contributed by atoms with van der Waals surface area (Å²) >= 11 is 0. The predicted octanol–water partition coefficient (Wildman–Crippen LogP) is 2.14. The highest BCUT2D eigenvalue weighted by Gasteiger charge is 2.08. The Bertz CT molecular complexity index is 496. The zero-order valence-electron chi connectivity index (χ0n) is 11.6. The molecule has 2 aromatic heterocycles. The van der Waals surface area contributed by atoms with Gasteiger partial charge in [-0.15, -0.1) is 24.0 Å². The van der Waals surface area contributed by atoms with Gasteiger partial charge in [0.15, 0.2) is 5.96 Å². The molecule has 0 bridgehead atoms. The number of halogens is 1. The highest BCUT2D eigenvalue weighted by atomic mass is 127. The molecule has 0 amide bonds. The van der Waals surface area contributed by atoms with Gasteiger partial charge in [0, 0.05) is 33.1 Å². The summed E-state index contributed by atoms with van der Waals surface area (Å²) < 4.78 is 10.1. The number of hydrogen-bond acceptors (Lipinski definition) is 4. The van der Waals surface area contributed by atoms with Crippen molar-refractivity contribution in [3.05, 3.63) is 42.2 Å². The Hall–Kier alpha value is -1.51. The molecule has 0 aliphatic heterocycles. The van der Waals surface area contributed by atoms with Crippen LogP contribution in [0.15, 0.2) is 44.7 Å². The summed E-state index contributed by atoms with van der Waals surface area (Å²) in [5, 5.41) is 7.16. The van der Waals surface area contributed by atoms with E-state index in [1.807, 2.05) is 30.1 Å². The lowest BCUT2D eigenvalue weighted by Gasteiger charge is -2.20. The van der Waals surface area contributed by atoms with Crippen molar-refractivity contribution in [2.75, 3.05) is 20.6 Å². The average Bonchev–Trinajstić information content (AvgIpc) is 3.07. The van der Waals surface area contributed by atoms with Gasteiger partial charge in [-0.05, 0) is 12.1 Å². The fourth-order valence-corrected chi connectivity index (χ4v) is 1.77. The van der Waals surface area contributed by atoms with Crippen LogP contribution in [0.5, 0.6) is 0 Å². The van der Waals surface area contributed by atoms with E-state index in [-0.39, 0.29) is 24.0 Å². The van der Waals surface area contributed by atoms with Gasteiger partial charge in [0.1, 0.15) is 17.7 Å². The second-order valence-electron chi connectivity index (χ2n) is 4.15. The van der Waals surface area contributed by atoms with Crippen LogP contribution >= 0.6 is 24.0 Å². The molecule has 0 spiro atoms. The van der Waals surface area contributed by atoms with E-state index in [1.165, 1.54) is 0 Å². The minimum atomic E-state index is 0. The van der Waals surface area contributed by atoms with E-state index in [2.05, 4.69) is 15.5 Å². The largest absolute Gasteiger partial charge is 0.469 e. The molecule has 2 aromatic rings. The first-order chi connectivity index (χ1) is 9.29. The third-order valence-corrected chi connectivity index (χ3v) is 2.70. The monoisotopic (exact) mass is 390 g/mol. The lowest BCUT2D eigenvalue weighted by atomic mass is 10.3. The molecule has 0 atom stereocenters. The summed E-state index contributed by atoms with van der Waals surface area (Å²) in [6.07, 6.45) is 4.07. The Morgan fingerprint density at radius 3 is 2.85 bits per heavy atom. The van der Waals surface area contributed by atoms with Gasteiger partial charge in [0.2, 0.25) is 0 Å². The quantitative estimate of drug-likeness (QED) is 0.482. The number of hydrogen-bond donors (Lipinski definition) is 1. The zero-order valence-corrected chi connectivity index (χ0v) is 13.9. The van der Waals surface area contributed by atoms with E-state index < -0.39 is 0 Å². The van der Waals surface area contributed by atoms with Crippen LogP contribution < -0.4 is 5.32 Å². The summed E-state index contributed by atoms with van der Waals surface area (Å²) in [4.78, 5) is 6.22. The van der Waals surface area contributed by atoms with Crippen molar-refractivity contribution in [3.63, 3.8) is 0 Å². The summed E-state index contributed by atoms with van der Waals surface area (Å²) in [5.41, 5.74) is 0.872. The first kappa shape index (κ1) is 16.5. The van der Waals surface area contributed by atoms with Crippen LogP contribution in [0.1, 0.15) is 11.5 Å². The van der Waals surface area contributed by atoms with Crippen molar-refractivity contribution >= 4 is 29.9 Å². The minimum absolute atomic E-state index is 0. The van der Waals surface area contributed by atoms with Crippen LogP contribution in [0, 0.1) is 0 Å². The molecule has 0 saturated carbocycles. The zero-order chi connectivity index (χ0) is 13.5. The number of rotatable bonds is 5. The van der Waals surface area contributed by atoms with Gasteiger partial charge >= 0.3 is 0 Å². The van der Waals surface area contributed by atoms with Gasteiger partial charge < -0.3 is 19.2 Å². The van der Waals surface area contributed by atoms with Gasteiger partial charge in [-0.3, -0.25) is 4.99 Å². The molecule has 0 aromatic carbocycles. The average molecular weight is 390 g/mol. The smallest absolute Gasteiger partial charge is 0.193 e. The van der Waals surface area contributed by atoms with Crippen molar-refractivity contribution < 1.29 is 8.94 Å². The molecule has 2 heterocycles. The predicted molar refractivity (Wildman–Crippen MR) is 87.2 cm³/mol. The van der Waals surface area contributed by atoms with E-state index in [4.69, 9.17) is 8.94 Å². The van der Waals surface area contributed by atoms with E-state index >= 15 is 0 Å². The fraction of sp³-hybridized carbons (Fsp3) is 0.385. The standard InChI is InChI=1S/C13H18N4O2.HI/c1-14-13(15-7-5-12-4-3-8-18-12)17(2)10-11-6-9-19-16-11;/h3-4,6,8-9H,5,7,10H2,1-2H3,(H,14,15);1H. The molecule has 20 heavy (non-hydrogen) atoms. The SMILES string of the molecule is CN=C(NCCc1ccco1)N(C)Cc1ccon1.I. The Morgan fingerprint density at radius 1 is 1.40 bits per heavy atom. The number of aliphatic imine (C=N–C) groups is 1. The molecular formula is C13H19IN4O2. The number of guanidine groups is 1. The molecule has 2 rings (SSSR count). The van der Waals surface area contributed by atoms with Crippen molar-refractivity contribution in [2.24, 2.45) is 4.99 Å². The van der Waals surface area contributed by atoms with Gasteiger partial charge in [0.05, 0.1) is 12.8 Å².